The first-order valence-electron chi connectivity index (χ1n) is 7.74. The first kappa shape index (κ1) is 16.9. The van der Waals surface area contributed by atoms with Gasteiger partial charge < -0.3 is 10.2 Å². The van der Waals surface area contributed by atoms with Crippen LogP contribution >= 0.6 is 11.6 Å². The van der Waals surface area contributed by atoms with E-state index in [0.717, 1.165) is 5.69 Å². The van der Waals surface area contributed by atoms with E-state index >= 15 is 0 Å². The Morgan fingerprint density at radius 3 is 2.40 bits per heavy atom. The Kier molecular flexibility index (Phi) is 4.95. The minimum absolute atomic E-state index is 0.296. The summed E-state index contributed by atoms with van der Waals surface area (Å²) in [7, 11) is 1.87. The molecule has 0 radical (unpaired) electrons. The van der Waals surface area contributed by atoms with Gasteiger partial charge in [0.05, 0.1) is 0 Å². The summed E-state index contributed by atoms with van der Waals surface area (Å²) in [6, 6.07) is 18.3. The largest absolute Gasteiger partial charge is 0.321 e. The van der Waals surface area contributed by atoms with Crippen molar-refractivity contribution in [2.75, 3.05) is 17.3 Å². The van der Waals surface area contributed by atoms with Crippen LogP contribution in [0.1, 0.15) is 16.2 Å². The zero-order chi connectivity index (χ0) is 17.8. The molecule has 126 valence electrons. The normalized spacial score (nSPS) is 10.4. The van der Waals surface area contributed by atoms with Gasteiger partial charge in [-0.2, -0.15) is 0 Å². The predicted molar refractivity (Wildman–Crippen MR) is 101 cm³/mol. The standard InChI is InChI=1S/C19H17ClN4O/c1-13-12-17(18(25)22-15-10-8-14(20)9-11-15)23-19(21-13)24(2)16-6-4-3-5-7-16/h3-12H,1-2H3,(H,22,25). The number of hydrogen-bond donors (Lipinski definition) is 1. The molecule has 1 aromatic heterocycles. The number of para-hydroxylation sites is 1. The van der Waals surface area contributed by atoms with E-state index in [1.54, 1.807) is 30.3 Å². The van der Waals surface area contributed by atoms with Crippen LogP contribution in [0.5, 0.6) is 0 Å². The summed E-state index contributed by atoms with van der Waals surface area (Å²) in [6.45, 7) is 1.84. The molecule has 0 aliphatic heterocycles. The first-order chi connectivity index (χ1) is 12.0. The third-order valence-corrected chi connectivity index (χ3v) is 3.87. The molecule has 0 bridgehead atoms. The third kappa shape index (κ3) is 4.14. The van der Waals surface area contributed by atoms with Crippen LogP contribution in [0.4, 0.5) is 17.3 Å². The topological polar surface area (TPSA) is 58.1 Å². The Morgan fingerprint density at radius 2 is 1.72 bits per heavy atom. The van der Waals surface area contributed by atoms with Gasteiger partial charge in [-0.3, -0.25) is 4.79 Å². The van der Waals surface area contributed by atoms with Gasteiger partial charge in [0.15, 0.2) is 0 Å². The van der Waals surface area contributed by atoms with Gasteiger partial charge >= 0.3 is 0 Å². The van der Waals surface area contributed by atoms with Gasteiger partial charge in [-0.15, -0.1) is 0 Å². The molecule has 25 heavy (non-hydrogen) atoms. The van der Waals surface area contributed by atoms with Crippen LogP contribution in [0.25, 0.3) is 0 Å². The van der Waals surface area contributed by atoms with Crippen LogP contribution in [0.2, 0.25) is 5.02 Å². The molecular weight excluding hydrogens is 336 g/mol. The van der Waals surface area contributed by atoms with Crippen molar-refractivity contribution in [1.29, 1.82) is 0 Å². The number of nitrogens with one attached hydrogen (secondary N) is 1. The average molecular weight is 353 g/mol. The second-order valence-electron chi connectivity index (χ2n) is 5.55. The highest BCUT2D eigenvalue weighted by molar-refractivity contribution is 6.30. The molecule has 0 saturated heterocycles. The third-order valence-electron chi connectivity index (χ3n) is 3.62. The quantitative estimate of drug-likeness (QED) is 0.753. The van der Waals surface area contributed by atoms with E-state index in [0.29, 0.717) is 28.0 Å². The van der Waals surface area contributed by atoms with E-state index in [1.807, 2.05) is 49.2 Å². The van der Waals surface area contributed by atoms with Gasteiger partial charge in [0.1, 0.15) is 5.69 Å². The Morgan fingerprint density at radius 1 is 1.04 bits per heavy atom. The van der Waals surface area contributed by atoms with E-state index < -0.39 is 0 Å². The molecule has 0 spiro atoms. The lowest BCUT2D eigenvalue weighted by molar-refractivity contribution is 0.102. The number of nitrogens with zero attached hydrogens (tertiary/aromatic N) is 3. The maximum absolute atomic E-state index is 12.5. The van der Waals surface area contributed by atoms with Crippen LogP contribution in [0, 0.1) is 6.92 Å². The summed E-state index contributed by atoms with van der Waals surface area (Å²) in [6.07, 6.45) is 0. The van der Waals surface area contributed by atoms with Crippen LogP contribution in [0.15, 0.2) is 60.7 Å². The maximum Gasteiger partial charge on any atom is 0.274 e. The van der Waals surface area contributed by atoms with Gasteiger partial charge in [-0.05, 0) is 49.4 Å². The fraction of sp³-hybridized carbons (Fsp3) is 0.105. The Labute approximate surface area is 151 Å². The number of carbonyl (C=O) groups excluding carboxylic acids is 1. The van der Waals surface area contributed by atoms with Crippen molar-refractivity contribution < 1.29 is 4.79 Å². The number of anilines is 3. The minimum Gasteiger partial charge on any atom is -0.321 e. The summed E-state index contributed by atoms with van der Waals surface area (Å²) in [5, 5.41) is 3.43. The average Bonchev–Trinajstić information content (AvgIpc) is 2.63. The van der Waals surface area contributed by atoms with Gasteiger partial charge in [-0.25, -0.2) is 9.97 Å². The second kappa shape index (κ2) is 7.32. The number of carbonyl (C=O) groups is 1. The van der Waals surface area contributed by atoms with Crippen LogP contribution in [-0.4, -0.2) is 22.9 Å². The predicted octanol–water partition coefficient (Wildman–Crippen LogP) is 4.46. The number of aryl methyl sites for hydroxylation is 1. The van der Waals surface area contributed by atoms with Crippen LogP contribution in [-0.2, 0) is 0 Å². The highest BCUT2D eigenvalue weighted by atomic mass is 35.5. The maximum atomic E-state index is 12.5. The van der Waals surface area contributed by atoms with Gasteiger partial charge in [0.25, 0.3) is 5.91 Å². The molecular formula is C19H17ClN4O. The van der Waals surface area contributed by atoms with Crippen molar-refractivity contribution >= 4 is 34.8 Å². The van der Waals surface area contributed by atoms with Crippen LogP contribution in [0.3, 0.4) is 0 Å². The molecule has 0 fully saturated rings. The molecule has 1 N–H and O–H groups in total. The summed E-state index contributed by atoms with van der Waals surface area (Å²) in [5.74, 6) is 0.169. The molecule has 0 atom stereocenters. The second-order valence-corrected chi connectivity index (χ2v) is 5.99. The zero-order valence-corrected chi connectivity index (χ0v) is 14.7. The molecule has 0 aliphatic rings. The number of amides is 1. The molecule has 3 aromatic rings. The smallest absolute Gasteiger partial charge is 0.274 e. The number of hydrogen-bond acceptors (Lipinski definition) is 4. The van der Waals surface area contributed by atoms with Gasteiger partial charge in [-0.1, -0.05) is 29.8 Å². The van der Waals surface area contributed by atoms with Crippen molar-refractivity contribution in [2.24, 2.45) is 0 Å². The van der Waals surface area contributed by atoms with Crippen molar-refractivity contribution in [1.82, 2.24) is 9.97 Å². The number of halogens is 1. The Bertz CT molecular complexity index is 882. The Hall–Kier alpha value is -2.92. The van der Waals surface area contributed by atoms with Crippen molar-refractivity contribution in [3.8, 4) is 0 Å². The van der Waals surface area contributed by atoms with Gasteiger partial charge in [0.2, 0.25) is 5.95 Å². The molecule has 1 heterocycles. The summed E-state index contributed by atoms with van der Waals surface area (Å²) < 4.78 is 0. The molecule has 6 heteroatoms. The van der Waals surface area contributed by atoms with Crippen LogP contribution < -0.4 is 10.2 Å². The summed E-state index contributed by atoms with van der Waals surface area (Å²) in [4.78, 5) is 23.2. The zero-order valence-electron chi connectivity index (χ0n) is 13.9. The molecule has 1 amide bonds. The fourth-order valence-electron chi connectivity index (χ4n) is 2.31. The molecule has 5 nitrogen and oxygen atoms in total. The molecule has 2 aromatic carbocycles. The van der Waals surface area contributed by atoms with Crippen molar-refractivity contribution in [2.45, 2.75) is 6.92 Å². The minimum atomic E-state index is -0.296. The molecule has 3 rings (SSSR count). The van der Waals surface area contributed by atoms with E-state index in [4.69, 9.17) is 11.6 Å². The number of benzene rings is 2. The van der Waals surface area contributed by atoms with E-state index in [-0.39, 0.29) is 5.91 Å². The molecule has 0 unspecified atom stereocenters. The van der Waals surface area contributed by atoms with E-state index in [1.165, 1.54) is 0 Å². The van der Waals surface area contributed by atoms with E-state index in [2.05, 4.69) is 15.3 Å². The summed E-state index contributed by atoms with van der Waals surface area (Å²) in [5.41, 5.74) is 2.62. The number of rotatable bonds is 4. The molecule has 0 saturated carbocycles. The lowest BCUT2D eigenvalue weighted by Gasteiger charge is -2.18. The SMILES string of the molecule is Cc1cc(C(=O)Nc2ccc(Cl)cc2)nc(N(C)c2ccccc2)n1. The first-order valence-corrected chi connectivity index (χ1v) is 8.12. The highest BCUT2D eigenvalue weighted by Crippen LogP contribution is 2.20. The van der Waals surface area contributed by atoms with E-state index in [9.17, 15) is 4.79 Å². The monoisotopic (exact) mass is 352 g/mol. The number of aromatic nitrogens is 2. The molecule has 0 aliphatic carbocycles. The highest BCUT2D eigenvalue weighted by Gasteiger charge is 2.14. The summed E-state index contributed by atoms with van der Waals surface area (Å²) >= 11 is 5.86. The lowest BCUT2D eigenvalue weighted by Crippen LogP contribution is -2.19. The fourth-order valence-corrected chi connectivity index (χ4v) is 2.44. The van der Waals surface area contributed by atoms with Gasteiger partial charge in [0, 0.05) is 29.1 Å². The van der Waals surface area contributed by atoms with Crippen molar-refractivity contribution in [3.63, 3.8) is 0 Å². The lowest BCUT2D eigenvalue weighted by atomic mass is 10.2. The van der Waals surface area contributed by atoms with Crippen molar-refractivity contribution in [3.05, 3.63) is 77.1 Å². The Balaban J connectivity index is 1.86.